The summed E-state index contributed by atoms with van der Waals surface area (Å²) in [4.78, 5) is -0.278. The summed E-state index contributed by atoms with van der Waals surface area (Å²) < 4.78 is 67.8. The molecule has 0 saturated carbocycles. The van der Waals surface area contributed by atoms with Crippen molar-refractivity contribution in [3.05, 3.63) is 71.0 Å². The SMILES string of the molecule is CC(C)Cn1nc(C(F)(F)F)cc1CS(=O)(=O)c1c(CO)ccc(-c2ccccc2)c1CO. The number of rotatable bonds is 8. The first kappa shape index (κ1) is 24.9. The van der Waals surface area contributed by atoms with Gasteiger partial charge in [-0.1, -0.05) is 56.3 Å². The van der Waals surface area contributed by atoms with Gasteiger partial charge in [0, 0.05) is 12.1 Å². The van der Waals surface area contributed by atoms with Crippen molar-refractivity contribution in [3.63, 3.8) is 0 Å². The second-order valence-electron chi connectivity index (χ2n) is 8.12. The summed E-state index contributed by atoms with van der Waals surface area (Å²) in [5.41, 5.74) is -0.0271. The molecule has 2 N–H and O–H groups in total. The maximum Gasteiger partial charge on any atom is 0.435 e. The van der Waals surface area contributed by atoms with Crippen molar-refractivity contribution >= 4 is 9.84 Å². The molecule has 0 saturated heterocycles. The molecule has 10 heteroatoms. The van der Waals surface area contributed by atoms with Crippen LogP contribution in [0.3, 0.4) is 0 Å². The molecule has 0 fully saturated rings. The minimum absolute atomic E-state index is 0.0599. The third-order valence-electron chi connectivity index (χ3n) is 5.10. The van der Waals surface area contributed by atoms with Gasteiger partial charge in [0.25, 0.3) is 0 Å². The Balaban J connectivity index is 2.16. The Bertz CT molecular complexity index is 1220. The average Bonchev–Trinajstić information content (AvgIpc) is 3.14. The fraction of sp³-hybridized carbons (Fsp3) is 0.348. The van der Waals surface area contributed by atoms with Gasteiger partial charge in [-0.15, -0.1) is 0 Å². The van der Waals surface area contributed by atoms with Gasteiger partial charge in [0.05, 0.1) is 29.6 Å². The standard InChI is InChI=1S/C23H25F3N2O4S/c1-15(2)11-28-18(10-21(27-28)23(24,25)26)14-33(31,32)22-17(12-29)8-9-19(20(22)13-30)16-6-4-3-5-7-16/h3-10,15,29-30H,11-14H2,1-2H3. The average molecular weight is 483 g/mol. The van der Waals surface area contributed by atoms with Crippen molar-refractivity contribution < 1.29 is 31.8 Å². The number of aliphatic hydroxyl groups is 2. The van der Waals surface area contributed by atoms with E-state index in [0.29, 0.717) is 11.1 Å². The van der Waals surface area contributed by atoms with E-state index in [1.54, 1.807) is 50.2 Å². The number of benzene rings is 2. The molecule has 0 atom stereocenters. The summed E-state index contributed by atoms with van der Waals surface area (Å²) in [7, 11) is -4.27. The van der Waals surface area contributed by atoms with E-state index in [9.17, 15) is 31.8 Å². The molecule has 1 aromatic heterocycles. The molecule has 0 unspecified atom stereocenters. The Morgan fingerprint density at radius 2 is 1.70 bits per heavy atom. The topological polar surface area (TPSA) is 92.4 Å². The van der Waals surface area contributed by atoms with E-state index in [4.69, 9.17) is 0 Å². The molecular formula is C23H25F3N2O4S. The van der Waals surface area contributed by atoms with Crippen LogP contribution < -0.4 is 0 Å². The summed E-state index contributed by atoms with van der Waals surface area (Å²) in [6.07, 6.45) is -4.72. The van der Waals surface area contributed by atoms with Crippen LogP contribution in [-0.2, 0) is 41.5 Å². The molecular weight excluding hydrogens is 457 g/mol. The Hall–Kier alpha value is -2.69. The van der Waals surface area contributed by atoms with Crippen LogP contribution in [0.25, 0.3) is 11.1 Å². The summed E-state index contributed by atoms with van der Waals surface area (Å²) in [6, 6.07) is 12.6. The quantitative estimate of drug-likeness (QED) is 0.503. The highest BCUT2D eigenvalue weighted by Crippen LogP contribution is 2.35. The maximum absolute atomic E-state index is 13.5. The lowest BCUT2D eigenvalue weighted by molar-refractivity contribution is -0.141. The molecule has 0 aliphatic rings. The number of alkyl halides is 3. The third-order valence-corrected chi connectivity index (χ3v) is 6.90. The first-order valence-electron chi connectivity index (χ1n) is 10.3. The van der Waals surface area contributed by atoms with Crippen LogP contribution >= 0.6 is 0 Å². The van der Waals surface area contributed by atoms with Crippen LogP contribution in [0.5, 0.6) is 0 Å². The van der Waals surface area contributed by atoms with E-state index in [0.717, 1.165) is 10.7 Å². The highest BCUT2D eigenvalue weighted by Gasteiger charge is 2.36. The first-order valence-corrected chi connectivity index (χ1v) is 11.9. The molecule has 3 rings (SSSR count). The van der Waals surface area contributed by atoms with Gasteiger partial charge in [0.15, 0.2) is 15.5 Å². The second-order valence-corrected chi connectivity index (χ2v) is 10.0. The number of nitrogens with zero attached hydrogens (tertiary/aromatic N) is 2. The van der Waals surface area contributed by atoms with Crippen LogP contribution in [0.4, 0.5) is 13.2 Å². The van der Waals surface area contributed by atoms with Crippen molar-refractivity contribution in [1.82, 2.24) is 9.78 Å². The van der Waals surface area contributed by atoms with Crippen LogP contribution in [0.2, 0.25) is 0 Å². The van der Waals surface area contributed by atoms with Gasteiger partial charge in [-0.25, -0.2) is 8.42 Å². The molecule has 2 aromatic carbocycles. The smallest absolute Gasteiger partial charge is 0.392 e. The van der Waals surface area contributed by atoms with E-state index < -0.39 is 40.7 Å². The fourth-order valence-corrected chi connectivity index (χ4v) is 5.56. The molecule has 6 nitrogen and oxygen atoms in total. The number of hydrogen-bond acceptors (Lipinski definition) is 5. The summed E-state index contributed by atoms with van der Waals surface area (Å²) in [6.45, 7) is 2.42. The number of sulfone groups is 1. The van der Waals surface area contributed by atoms with Crippen molar-refractivity contribution in [2.24, 2.45) is 5.92 Å². The zero-order chi connectivity index (χ0) is 24.4. The zero-order valence-corrected chi connectivity index (χ0v) is 19.0. The predicted octanol–water partition coefficient (Wildman–Crippen LogP) is 4.18. The highest BCUT2D eigenvalue weighted by atomic mass is 32.2. The molecule has 178 valence electrons. The zero-order valence-electron chi connectivity index (χ0n) is 18.2. The van der Waals surface area contributed by atoms with E-state index >= 15 is 0 Å². The molecule has 3 aromatic rings. The molecule has 0 aliphatic heterocycles. The lowest BCUT2D eigenvalue weighted by Gasteiger charge is -2.18. The van der Waals surface area contributed by atoms with Crippen LogP contribution in [0.15, 0.2) is 53.4 Å². The van der Waals surface area contributed by atoms with E-state index in [1.165, 1.54) is 6.07 Å². The molecule has 33 heavy (non-hydrogen) atoms. The minimum Gasteiger partial charge on any atom is -0.392 e. The van der Waals surface area contributed by atoms with Crippen molar-refractivity contribution in [2.45, 2.75) is 50.4 Å². The van der Waals surface area contributed by atoms with Gasteiger partial charge in [-0.3, -0.25) is 4.68 Å². The Morgan fingerprint density at radius 3 is 2.24 bits per heavy atom. The van der Waals surface area contributed by atoms with Gasteiger partial charge in [0.1, 0.15) is 0 Å². The van der Waals surface area contributed by atoms with Crippen molar-refractivity contribution in [3.8, 4) is 11.1 Å². The molecule has 0 spiro atoms. The minimum atomic E-state index is -4.72. The predicted molar refractivity (Wildman–Crippen MR) is 117 cm³/mol. The number of aliphatic hydroxyl groups excluding tert-OH is 2. The largest absolute Gasteiger partial charge is 0.435 e. The maximum atomic E-state index is 13.5. The normalized spacial score (nSPS) is 12.5. The van der Waals surface area contributed by atoms with Crippen molar-refractivity contribution in [1.29, 1.82) is 0 Å². The molecule has 0 bridgehead atoms. The van der Waals surface area contributed by atoms with Gasteiger partial charge in [-0.05, 0) is 28.7 Å². The highest BCUT2D eigenvalue weighted by molar-refractivity contribution is 7.90. The number of hydrogen-bond donors (Lipinski definition) is 2. The molecule has 0 radical (unpaired) electrons. The lowest BCUT2D eigenvalue weighted by Crippen LogP contribution is -2.17. The van der Waals surface area contributed by atoms with Gasteiger partial charge < -0.3 is 10.2 Å². The summed E-state index contributed by atoms with van der Waals surface area (Å²) >= 11 is 0. The third kappa shape index (κ3) is 5.45. The summed E-state index contributed by atoms with van der Waals surface area (Å²) in [5.74, 6) is -0.837. The molecule has 0 aliphatic carbocycles. The Morgan fingerprint density at radius 1 is 1.03 bits per heavy atom. The van der Waals surface area contributed by atoms with E-state index in [2.05, 4.69) is 5.10 Å². The van der Waals surface area contributed by atoms with Crippen LogP contribution in [0.1, 0.15) is 36.4 Å². The molecule has 1 heterocycles. The number of halogens is 3. The van der Waals surface area contributed by atoms with Crippen molar-refractivity contribution in [2.75, 3.05) is 0 Å². The van der Waals surface area contributed by atoms with Crippen LogP contribution in [-0.4, -0.2) is 28.4 Å². The molecule has 0 amide bonds. The lowest BCUT2D eigenvalue weighted by atomic mass is 9.98. The van der Waals surface area contributed by atoms with Gasteiger partial charge in [-0.2, -0.15) is 18.3 Å². The number of aromatic nitrogens is 2. The second kappa shape index (κ2) is 9.66. The monoisotopic (exact) mass is 482 g/mol. The Kier molecular flexibility index (Phi) is 7.30. The van der Waals surface area contributed by atoms with Gasteiger partial charge >= 0.3 is 6.18 Å². The fourth-order valence-electron chi connectivity index (χ4n) is 3.71. The van der Waals surface area contributed by atoms with Crippen LogP contribution in [0, 0.1) is 5.92 Å². The van der Waals surface area contributed by atoms with Gasteiger partial charge in [0.2, 0.25) is 0 Å². The summed E-state index contributed by atoms with van der Waals surface area (Å²) in [5, 5.41) is 23.5. The first-order chi connectivity index (χ1) is 15.5. The Labute approximate surface area is 190 Å². The van der Waals surface area contributed by atoms with E-state index in [-0.39, 0.29) is 34.2 Å². The van der Waals surface area contributed by atoms with E-state index in [1.807, 2.05) is 0 Å².